The number of methoxy groups -OCH3 is 1. The van der Waals surface area contributed by atoms with E-state index in [9.17, 15) is 9.59 Å². The fourth-order valence-corrected chi connectivity index (χ4v) is 2.26. The van der Waals surface area contributed by atoms with Crippen LogP contribution in [-0.4, -0.2) is 19.0 Å². The molecule has 0 atom stereocenters. The number of hydrogen-bond acceptors (Lipinski definition) is 5. The Morgan fingerprint density at radius 3 is 2.81 bits per heavy atom. The highest BCUT2D eigenvalue weighted by Crippen LogP contribution is 2.11. The predicted molar refractivity (Wildman–Crippen MR) is 80.9 cm³/mol. The van der Waals surface area contributed by atoms with Crippen LogP contribution < -0.4 is 0 Å². The second-order valence-electron chi connectivity index (χ2n) is 4.15. The molecule has 0 saturated heterocycles. The highest BCUT2D eigenvalue weighted by Gasteiger charge is 2.06. The van der Waals surface area contributed by atoms with E-state index in [2.05, 4.69) is 4.74 Å². The molecule has 0 spiro atoms. The highest BCUT2D eigenvalue weighted by molar-refractivity contribution is 7.10. The monoisotopic (exact) mass is 302 g/mol. The van der Waals surface area contributed by atoms with Crippen LogP contribution in [0.5, 0.6) is 0 Å². The van der Waals surface area contributed by atoms with Gasteiger partial charge in [-0.15, -0.1) is 11.3 Å². The number of benzene rings is 1. The van der Waals surface area contributed by atoms with Gasteiger partial charge in [0, 0.05) is 11.0 Å². The Morgan fingerprint density at radius 1 is 1.24 bits per heavy atom. The minimum Gasteiger partial charge on any atom is -0.465 e. The van der Waals surface area contributed by atoms with Crippen molar-refractivity contribution < 1.29 is 19.1 Å². The van der Waals surface area contributed by atoms with Crippen molar-refractivity contribution in [3.8, 4) is 0 Å². The molecule has 0 bridgehead atoms. The summed E-state index contributed by atoms with van der Waals surface area (Å²) >= 11 is 1.54. The third-order valence-electron chi connectivity index (χ3n) is 2.66. The summed E-state index contributed by atoms with van der Waals surface area (Å²) in [5, 5.41) is 1.93. The summed E-state index contributed by atoms with van der Waals surface area (Å²) < 4.78 is 9.76. The molecule has 1 aromatic heterocycles. The van der Waals surface area contributed by atoms with Gasteiger partial charge >= 0.3 is 11.9 Å². The number of esters is 2. The quantitative estimate of drug-likeness (QED) is 0.628. The zero-order chi connectivity index (χ0) is 15.1. The van der Waals surface area contributed by atoms with Gasteiger partial charge in [0.25, 0.3) is 0 Å². The Labute approximate surface area is 126 Å². The number of ether oxygens (including phenoxy) is 2. The fraction of sp³-hybridized carbons (Fsp3) is 0.125. The van der Waals surface area contributed by atoms with Crippen molar-refractivity contribution in [3.63, 3.8) is 0 Å². The zero-order valence-electron chi connectivity index (χ0n) is 11.4. The first-order valence-corrected chi connectivity index (χ1v) is 7.12. The standard InChI is InChI=1S/C16H14O4S/c1-19-16(18)13-5-2-4-12(10-13)11-20-15(17)8-7-14-6-3-9-21-14/h2-10H,11H2,1H3/b8-7+. The third kappa shape index (κ3) is 4.57. The molecule has 1 heterocycles. The smallest absolute Gasteiger partial charge is 0.337 e. The van der Waals surface area contributed by atoms with Crippen LogP contribution in [0.4, 0.5) is 0 Å². The Morgan fingerprint density at radius 2 is 2.10 bits per heavy atom. The number of thiophene rings is 1. The van der Waals surface area contributed by atoms with Crippen molar-refractivity contribution >= 4 is 29.4 Å². The topological polar surface area (TPSA) is 52.6 Å². The summed E-state index contributed by atoms with van der Waals surface area (Å²) in [6, 6.07) is 10.6. The van der Waals surface area contributed by atoms with Gasteiger partial charge in [0.1, 0.15) is 6.61 Å². The van der Waals surface area contributed by atoms with Gasteiger partial charge in [-0.3, -0.25) is 0 Å². The molecule has 1 aromatic carbocycles. The number of rotatable bonds is 5. The maximum atomic E-state index is 11.6. The van der Waals surface area contributed by atoms with Crippen LogP contribution in [-0.2, 0) is 20.9 Å². The fourth-order valence-electron chi connectivity index (χ4n) is 1.64. The van der Waals surface area contributed by atoms with Crippen molar-refractivity contribution in [1.82, 2.24) is 0 Å². The maximum Gasteiger partial charge on any atom is 0.337 e. The van der Waals surface area contributed by atoms with E-state index < -0.39 is 11.9 Å². The van der Waals surface area contributed by atoms with Gasteiger partial charge in [0.15, 0.2) is 0 Å². The van der Waals surface area contributed by atoms with Gasteiger partial charge < -0.3 is 9.47 Å². The molecule has 0 radical (unpaired) electrons. The van der Waals surface area contributed by atoms with E-state index in [1.807, 2.05) is 17.5 Å². The van der Waals surface area contributed by atoms with Crippen molar-refractivity contribution in [2.75, 3.05) is 7.11 Å². The number of carbonyl (C=O) groups excluding carboxylic acids is 2. The van der Waals surface area contributed by atoms with E-state index in [0.29, 0.717) is 5.56 Å². The largest absolute Gasteiger partial charge is 0.465 e. The Hall–Kier alpha value is -2.40. The van der Waals surface area contributed by atoms with E-state index in [0.717, 1.165) is 10.4 Å². The van der Waals surface area contributed by atoms with Crippen LogP contribution in [0.1, 0.15) is 20.8 Å². The normalized spacial score (nSPS) is 10.5. The van der Waals surface area contributed by atoms with Crippen LogP contribution in [0.3, 0.4) is 0 Å². The molecular weight excluding hydrogens is 288 g/mol. The molecule has 0 fully saturated rings. The summed E-state index contributed by atoms with van der Waals surface area (Å²) in [7, 11) is 1.32. The predicted octanol–water partition coefficient (Wildman–Crippen LogP) is 3.29. The molecule has 5 heteroatoms. The van der Waals surface area contributed by atoms with Crippen LogP contribution >= 0.6 is 11.3 Å². The van der Waals surface area contributed by atoms with E-state index in [4.69, 9.17) is 4.74 Å². The zero-order valence-corrected chi connectivity index (χ0v) is 12.3. The first-order valence-electron chi connectivity index (χ1n) is 6.24. The lowest BCUT2D eigenvalue weighted by atomic mass is 10.1. The van der Waals surface area contributed by atoms with Crippen molar-refractivity contribution in [3.05, 3.63) is 63.9 Å². The first-order chi connectivity index (χ1) is 10.2. The molecule has 0 N–H and O–H groups in total. The molecule has 0 saturated carbocycles. The average Bonchev–Trinajstić information content (AvgIpc) is 3.04. The molecule has 0 unspecified atom stereocenters. The van der Waals surface area contributed by atoms with E-state index in [1.165, 1.54) is 13.2 Å². The molecule has 4 nitrogen and oxygen atoms in total. The molecular formula is C16H14O4S. The minimum atomic E-state index is -0.424. The minimum absolute atomic E-state index is 0.110. The second-order valence-corrected chi connectivity index (χ2v) is 5.13. The summed E-state index contributed by atoms with van der Waals surface area (Å²) in [5.41, 5.74) is 1.16. The van der Waals surface area contributed by atoms with Crippen LogP contribution in [0.2, 0.25) is 0 Å². The molecule has 21 heavy (non-hydrogen) atoms. The van der Waals surface area contributed by atoms with Crippen LogP contribution in [0.15, 0.2) is 47.9 Å². The Kier molecular flexibility index (Phi) is 5.29. The lowest BCUT2D eigenvalue weighted by Crippen LogP contribution is -2.04. The molecule has 0 aliphatic rings. The molecule has 0 amide bonds. The van der Waals surface area contributed by atoms with Gasteiger partial charge in [-0.05, 0) is 35.2 Å². The SMILES string of the molecule is COC(=O)c1cccc(COC(=O)/C=C/c2cccs2)c1. The van der Waals surface area contributed by atoms with E-state index >= 15 is 0 Å². The molecule has 108 valence electrons. The van der Waals surface area contributed by atoms with Crippen LogP contribution in [0, 0.1) is 0 Å². The van der Waals surface area contributed by atoms with Gasteiger partial charge in [-0.25, -0.2) is 9.59 Å². The average molecular weight is 302 g/mol. The highest BCUT2D eigenvalue weighted by atomic mass is 32.1. The Bertz CT molecular complexity index is 644. The molecule has 0 aliphatic carbocycles. The number of carbonyl (C=O) groups is 2. The maximum absolute atomic E-state index is 11.6. The van der Waals surface area contributed by atoms with E-state index in [1.54, 1.807) is 41.7 Å². The molecule has 2 rings (SSSR count). The van der Waals surface area contributed by atoms with Crippen molar-refractivity contribution in [1.29, 1.82) is 0 Å². The molecule has 2 aromatic rings. The van der Waals surface area contributed by atoms with Gasteiger partial charge in [-0.1, -0.05) is 18.2 Å². The van der Waals surface area contributed by atoms with Gasteiger partial charge in [-0.2, -0.15) is 0 Å². The number of hydrogen-bond donors (Lipinski definition) is 0. The Balaban J connectivity index is 1.90. The summed E-state index contributed by atoms with van der Waals surface area (Å²) in [5.74, 6) is -0.840. The lowest BCUT2D eigenvalue weighted by molar-refractivity contribution is -0.138. The third-order valence-corrected chi connectivity index (χ3v) is 3.49. The van der Waals surface area contributed by atoms with Gasteiger partial charge in [0.05, 0.1) is 12.7 Å². The van der Waals surface area contributed by atoms with Gasteiger partial charge in [0.2, 0.25) is 0 Å². The summed E-state index contributed by atoms with van der Waals surface area (Å²) in [6.07, 6.45) is 3.09. The summed E-state index contributed by atoms with van der Waals surface area (Å²) in [4.78, 5) is 24.0. The lowest BCUT2D eigenvalue weighted by Gasteiger charge is -2.04. The molecule has 0 aliphatic heterocycles. The van der Waals surface area contributed by atoms with Crippen molar-refractivity contribution in [2.45, 2.75) is 6.61 Å². The summed E-state index contributed by atoms with van der Waals surface area (Å²) in [6.45, 7) is 0.110. The van der Waals surface area contributed by atoms with Crippen molar-refractivity contribution in [2.24, 2.45) is 0 Å². The van der Waals surface area contributed by atoms with Crippen LogP contribution in [0.25, 0.3) is 6.08 Å². The second kappa shape index (κ2) is 7.40. The van der Waals surface area contributed by atoms with E-state index in [-0.39, 0.29) is 6.61 Å². The first kappa shape index (κ1) is 15.0.